The van der Waals surface area contributed by atoms with Crippen LogP contribution in [0.1, 0.15) is 0 Å². The number of aliphatic hydroxyl groups is 9. The summed E-state index contributed by atoms with van der Waals surface area (Å²) >= 11 is 0. The van der Waals surface area contributed by atoms with E-state index in [1.807, 2.05) is 0 Å². The maximum Gasteiger partial charge on any atom is 0.187 e. The average Bonchev–Trinajstić information content (AvgIpc) is 2.54. The predicted octanol–water partition coefficient (Wildman–Crippen LogP) is -6.01. The van der Waals surface area contributed by atoms with Gasteiger partial charge in [0.25, 0.3) is 0 Å². The van der Waals surface area contributed by atoms with E-state index >= 15 is 0 Å². The summed E-state index contributed by atoms with van der Waals surface area (Å²) in [7, 11) is 0. The van der Waals surface area contributed by atoms with Gasteiger partial charge in [0.15, 0.2) is 6.29 Å². The first-order valence-electron chi connectivity index (χ1n) is 7.07. The molecule has 0 aromatic heterocycles. The Labute approximate surface area is 130 Å². The summed E-state index contributed by atoms with van der Waals surface area (Å²) in [5.41, 5.74) is 0. The van der Waals surface area contributed by atoms with Crippen molar-refractivity contribution in [2.45, 2.75) is 67.3 Å². The molecule has 0 bridgehead atoms. The quantitative estimate of drug-likeness (QED) is 0.236. The lowest BCUT2D eigenvalue weighted by Gasteiger charge is -2.45. The van der Waals surface area contributed by atoms with Gasteiger partial charge in [-0.2, -0.15) is 0 Å². The largest absolute Gasteiger partial charge is 0.394 e. The Bertz CT molecular complexity index is 377. The van der Waals surface area contributed by atoms with Gasteiger partial charge in [-0.1, -0.05) is 0 Å². The highest BCUT2D eigenvalue weighted by Gasteiger charge is 2.52. The lowest BCUT2D eigenvalue weighted by molar-refractivity contribution is -0.339. The van der Waals surface area contributed by atoms with E-state index in [0.717, 1.165) is 0 Å². The van der Waals surface area contributed by atoms with E-state index in [1.165, 1.54) is 0 Å². The highest BCUT2D eigenvalue weighted by atomic mass is 16.7. The molecule has 0 aromatic rings. The zero-order valence-corrected chi connectivity index (χ0v) is 11.9. The second-order valence-electron chi connectivity index (χ2n) is 5.75. The van der Waals surface area contributed by atoms with Gasteiger partial charge >= 0.3 is 0 Å². The molecule has 0 amide bonds. The van der Waals surface area contributed by atoms with Gasteiger partial charge in [0.1, 0.15) is 61.0 Å². The van der Waals surface area contributed by atoms with Crippen LogP contribution in [-0.2, 0) is 9.47 Å². The second-order valence-corrected chi connectivity index (χ2v) is 5.75. The molecular weight excluding hydrogens is 320 g/mol. The molecular formula is C12H22O11. The van der Waals surface area contributed by atoms with Crippen molar-refractivity contribution in [1.82, 2.24) is 0 Å². The van der Waals surface area contributed by atoms with Crippen molar-refractivity contribution in [2.24, 2.45) is 0 Å². The van der Waals surface area contributed by atoms with Crippen molar-refractivity contribution in [3.8, 4) is 0 Å². The molecule has 0 aromatic carbocycles. The predicted molar refractivity (Wildman–Crippen MR) is 68.7 cm³/mol. The zero-order chi connectivity index (χ0) is 17.5. The molecule has 2 fully saturated rings. The minimum atomic E-state index is -1.83. The van der Waals surface area contributed by atoms with Crippen LogP contribution in [0.25, 0.3) is 0 Å². The molecule has 1 aliphatic heterocycles. The summed E-state index contributed by atoms with van der Waals surface area (Å²) < 4.78 is 10.2. The van der Waals surface area contributed by atoms with Crippen molar-refractivity contribution in [2.75, 3.05) is 6.61 Å². The SMILES string of the molecule is OC[C@H]1O[C@H](OC2[C@@H](O)[C@H](O)C(O)[C@@H](O)[C@H]2O)[C@H](O)[C@@H](O)[C@H]1O. The van der Waals surface area contributed by atoms with Gasteiger partial charge < -0.3 is 55.4 Å². The highest BCUT2D eigenvalue weighted by molar-refractivity contribution is 5.00. The summed E-state index contributed by atoms with van der Waals surface area (Å²) in [5.74, 6) is 0. The number of hydrogen-bond acceptors (Lipinski definition) is 11. The Balaban J connectivity index is 2.13. The van der Waals surface area contributed by atoms with E-state index in [1.54, 1.807) is 0 Å². The Hall–Kier alpha value is -0.440. The van der Waals surface area contributed by atoms with Gasteiger partial charge in [0.05, 0.1) is 6.61 Å². The molecule has 9 N–H and O–H groups in total. The lowest BCUT2D eigenvalue weighted by Crippen LogP contribution is -2.67. The number of rotatable bonds is 3. The molecule has 23 heavy (non-hydrogen) atoms. The molecule has 11 heteroatoms. The highest BCUT2D eigenvalue weighted by Crippen LogP contribution is 2.29. The fourth-order valence-electron chi connectivity index (χ4n) is 2.69. The summed E-state index contributed by atoms with van der Waals surface area (Å²) in [6.45, 7) is -0.704. The first-order valence-corrected chi connectivity index (χ1v) is 7.07. The van der Waals surface area contributed by atoms with E-state index in [2.05, 4.69) is 0 Å². The van der Waals surface area contributed by atoms with Gasteiger partial charge in [-0.3, -0.25) is 0 Å². The van der Waals surface area contributed by atoms with Crippen LogP contribution in [0.4, 0.5) is 0 Å². The van der Waals surface area contributed by atoms with Gasteiger partial charge in [0, 0.05) is 0 Å². The molecule has 0 radical (unpaired) electrons. The van der Waals surface area contributed by atoms with Gasteiger partial charge in [-0.05, 0) is 0 Å². The first-order chi connectivity index (χ1) is 10.7. The van der Waals surface area contributed by atoms with Crippen molar-refractivity contribution >= 4 is 0 Å². The van der Waals surface area contributed by atoms with E-state index in [-0.39, 0.29) is 0 Å². The van der Waals surface area contributed by atoms with Gasteiger partial charge in [-0.25, -0.2) is 0 Å². The third kappa shape index (κ3) is 3.36. The van der Waals surface area contributed by atoms with Gasteiger partial charge in [0.2, 0.25) is 0 Å². The second kappa shape index (κ2) is 7.21. The number of hydrogen-bond donors (Lipinski definition) is 9. The normalized spacial score (nSPS) is 54.9. The Morgan fingerprint density at radius 2 is 1.04 bits per heavy atom. The van der Waals surface area contributed by atoms with Crippen LogP contribution in [0.15, 0.2) is 0 Å². The minimum Gasteiger partial charge on any atom is -0.394 e. The van der Waals surface area contributed by atoms with E-state index < -0.39 is 73.9 Å². The molecule has 11 atom stereocenters. The molecule has 1 aliphatic carbocycles. The smallest absolute Gasteiger partial charge is 0.187 e. The number of ether oxygens (including phenoxy) is 2. The molecule has 1 heterocycles. The Morgan fingerprint density at radius 3 is 1.52 bits per heavy atom. The Kier molecular flexibility index (Phi) is 5.92. The lowest BCUT2D eigenvalue weighted by atomic mass is 9.84. The van der Waals surface area contributed by atoms with Crippen LogP contribution in [0.2, 0.25) is 0 Å². The van der Waals surface area contributed by atoms with Crippen LogP contribution in [0.5, 0.6) is 0 Å². The Morgan fingerprint density at radius 1 is 0.609 bits per heavy atom. The molecule has 0 spiro atoms. The van der Waals surface area contributed by atoms with Crippen LogP contribution < -0.4 is 0 Å². The molecule has 11 nitrogen and oxygen atoms in total. The van der Waals surface area contributed by atoms with Crippen molar-refractivity contribution in [1.29, 1.82) is 0 Å². The maximum absolute atomic E-state index is 9.85. The van der Waals surface area contributed by atoms with E-state index in [0.29, 0.717) is 0 Å². The van der Waals surface area contributed by atoms with Crippen molar-refractivity contribution in [3.63, 3.8) is 0 Å². The van der Waals surface area contributed by atoms with E-state index in [9.17, 15) is 40.9 Å². The fourth-order valence-corrected chi connectivity index (χ4v) is 2.69. The molecule has 1 saturated heterocycles. The number of aliphatic hydroxyl groups excluding tert-OH is 9. The molecule has 2 unspecified atom stereocenters. The summed E-state index contributed by atoms with van der Waals surface area (Å²) in [5, 5.41) is 86.6. The molecule has 2 aliphatic rings. The summed E-state index contributed by atoms with van der Waals surface area (Å²) in [6.07, 6.45) is -18.9. The molecule has 1 saturated carbocycles. The minimum absolute atomic E-state index is 0.704. The first kappa shape index (κ1) is 18.9. The zero-order valence-electron chi connectivity index (χ0n) is 11.9. The van der Waals surface area contributed by atoms with Crippen LogP contribution in [0.3, 0.4) is 0 Å². The van der Waals surface area contributed by atoms with Gasteiger partial charge in [-0.15, -0.1) is 0 Å². The maximum atomic E-state index is 9.85. The summed E-state index contributed by atoms with van der Waals surface area (Å²) in [4.78, 5) is 0. The standard InChI is InChI=1S/C12H22O11/c13-1-2-3(14)4(15)10(21)12(22-2)23-11-8(19)6(17)5(16)7(18)9(11)20/h2-21H,1H2/t2-,3+,4+,5?,6-,7-,8-,9+,10-,11?,12-/m1/s1. The monoisotopic (exact) mass is 342 g/mol. The van der Waals surface area contributed by atoms with Crippen LogP contribution >= 0.6 is 0 Å². The third-order valence-corrected chi connectivity index (χ3v) is 4.21. The molecule has 136 valence electrons. The summed E-state index contributed by atoms with van der Waals surface area (Å²) in [6, 6.07) is 0. The molecule has 2 rings (SSSR count). The fraction of sp³-hybridized carbons (Fsp3) is 1.00. The van der Waals surface area contributed by atoms with Crippen molar-refractivity contribution < 1.29 is 55.4 Å². The van der Waals surface area contributed by atoms with Crippen molar-refractivity contribution in [3.05, 3.63) is 0 Å². The topological polar surface area (TPSA) is 201 Å². The average molecular weight is 342 g/mol. The van der Waals surface area contributed by atoms with Crippen LogP contribution in [-0.4, -0.2) is 120 Å². The van der Waals surface area contributed by atoms with Crippen LogP contribution in [0, 0.1) is 0 Å². The van der Waals surface area contributed by atoms with E-state index in [4.69, 9.17) is 14.6 Å². The third-order valence-electron chi connectivity index (χ3n) is 4.21.